The van der Waals surface area contributed by atoms with Gasteiger partial charge in [-0.05, 0) is 136 Å². The first kappa shape index (κ1) is 36.7. The zero-order valence-electron chi connectivity index (χ0n) is 34.3. The second-order valence-electron chi connectivity index (χ2n) is 16.3. The van der Waals surface area contributed by atoms with E-state index in [1.165, 1.54) is 16.4 Å². The molecule has 0 radical (unpaired) electrons. The summed E-state index contributed by atoms with van der Waals surface area (Å²) in [4.78, 5) is 4.86. The van der Waals surface area contributed by atoms with Gasteiger partial charge in [0.1, 0.15) is 0 Å². The predicted octanol–water partition coefficient (Wildman–Crippen LogP) is 11.8. The number of para-hydroxylation sites is 5. The highest BCUT2D eigenvalue weighted by Crippen LogP contribution is 2.47. The van der Waals surface area contributed by atoms with Gasteiger partial charge in [-0.2, -0.15) is 15.8 Å². The van der Waals surface area contributed by atoms with Crippen LogP contribution in [0.5, 0.6) is 0 Å². The minimum absolute atomic E-state index is 0.0199. The molecule has 10 aromatic rings. The quantitative estimate of drug-likeness (QED) is 0.162. The van der Waals surface area contributed by atoms with Crippen molar-refractivity contribution < 1.29 is 0 Å². The Kier molecular flexibility index (Phi) is 8.34. The minimum atomic E-state index is 0.0199. The van der Waals surface area contributed by atoms with Crippen molar-refractivity contribution in [2.45, 2.75) is 0 Å². The SMILES string of the molecule is N#Cc1cc(C#N)cc(-c2cc(C#N)ccc2-n2c3ccccc3c3cc(-c4cc5c6c(c4)N(c4ccccc4)c4ccccc4B6c4ccccc4N5c4ccccc4)ccc32)c1. The van der Waals surface area contributed by atoms with Crippen molar-refractivity contribution in [3.05, 3.63) is 217 Å². The van der Waals surface area contributed by atoms with E-state index in [4.69, 9.17) is 0 Å². The van der Waals surface area contributed by atoms with Crippen LogP contribution < -0.4 is 26.2 Å². The van der Waals surface area contributed by atoms with E-state index in [9.17, 15) is 15.8 Å². The first-order valence-corrected chi connectivity index (χ1v) is 21.2. The Balaban J connectivity index is 1.12. The highest BCUT2D eigenvalue weighted by Gasteiger charge is 2.43. The van der Waals surface area contributed by atoms with Gasteiger partial charge in [-0.3, -0.25) is 0 Å². The number of rotatable bonds is 5. The molecule has 64 heavy (non-hydrogen) atoms. The summed E-state index contributed by atoms with van der Waals surface area (Å²) in [6.45, 7) is 0.0199. The van der Waals surface area contributed by atoms with Gasteiger partial charge < -0.3 is 14.4 Å². The molecule has 3 heterocycles. The summed E-state index contributed by atoms with van der Waals surface area (Å²) in [5.41, 5.74) is 18.3. The van der Waals surface area contributed by atoms with Gasteiger partial charge in [0.25, 0.3) is 6.71 Å². The molecule has 2 aliphatic rings. The number of nitrogens with zero attached hydrogens (tertiary/aromatic N) is 6. The Morgan fingerprint density at radius 3 is 1.52 bits per heavy atom. The number of hydrogen-bond acceptors (Lipinski definition) is 5. The molecule has 0 unspecified atom stereocenters. The van der Waals surface area contributed by atoms with Gasteiger partial charge >= 0.3 is 0 Å². The largest absolute Gasteiger partial charge is 0.311 e. The molecule has 294 valence electrons. The van der Waals surface area contributed by atoms with Gasteiger partial charge in [0.05, 0.1) is 51.6 Å². The van der Waals surface area contributed by atoms with E-state index in [1.807, 2.05) is 24.3 Å². The van der Waals surface area contributed by atoms with Crippen molar-refractivity contribution in [3.63, 3.8) is 0 Å². The van der Waals surface area contributed by atoms with E-state index in [1.54, 1.807) is 18.2 Å². The Morgan fingerprint density at radius 2 is 0.906 bits per heavy atom. The fourth-order valence-electron chi connectivity index (χ4n) is 10.1. The van der Waals surface area contributed by atoms with Crippen LogP contribution in [0.15, 0.2) is 200 Å². The van der Waals surface area contributed by atoms with Crippen LogP contribution in [0.25, 0.3) is 49.7 Å². The molecule has 6 nitrogen and oxygen atoms in total. The van der Waals surface area contributed by atoms with Gasteiger partial charge in [0.2, 0.25) is 0 Å². The summed E-state index contributed by atoms with van der Waals surface area (Å²) in [6.07, 6.45) is 0. The van der Waals surface area contributed by atoms with Crippen molar-refractivity contribution in [1.82, 2.24) is 4.57 Å². The number of benzene rings is 9. The lowest BCUT2D eigenvalue weighted by atomic mass is 9.33. The highest BCUT2D eigenvalue weighted by molar-refractivity contribution is 7.00. The van der Waals surface area contributed by atoms with E-state index in [-0.39, 0.29) is 6.71 Å². The first-order valence-electron chi connectivity index (χ1n) is 21.2. The van der Waals surface area contributed by atoms with E-state index in [2.05, 4.69) is 190 Å². The lowest BCUT2D eigenvalue weighted by molar-refractivity contribution is 1.18. The van der Waals surface area contributed by atoms with E-state index < -0.39 is 0 Å². The van der Waals surface area contributed by atoms with Crippen LogP contribution in [-0.2, 0) is 0 Å². The smallest absolute Gasteiger partial charge is 0.252 e. The minimum Gasteiger partial charge on any atom is -0.311 e. The van der Waals surface area contributed by atoms with Crippen molar-refractivity contribution in [2.75, 3.05) is 9.80 Å². The normalized spacial score (nSPS) is 12.2. The van der Waals surface area contributed by atoms with Crippen molar-refractivity contribution in [2.24, 2.45) is 0 Å². The maximum Gasteiger partial charge on any atom is 0.252 e. The van der Waals surface area contributed by atoms with Gasteiger partial charge in [-0.25, -0.2) is 0 Å². The van der Waals surface area contributed by atoms with Crippen LogP contribution in [0, 0.1) is 34.0 Å². The Bertz CT molecular complexity index is 3540. The number of aromatic nitrogens is 1. The van der Waals surface area contributed by atoms with Crippen molar-refractivity contribution in [1.29, 1.82) is 15.8 Å². The summed E-state index contributed by atoms with van der Waals surface area (Å²) >= 11 is 0. The molecule has 0 bridgehead atoms. The summed E-state index contributed by atoms with van der Waals surface area (Å²) in [5.74, 6) is 0. The maximum absolute atomic E-state index is 10.0. The molecule has 0 saturated carbocycles. The van der Waals surface area contributed by atoms with Crippen LogP contribution in [0.3, 0.4) is 0 Å². The predicted molar refractivity (Wildman–Crippen MR) is 260 cm³/mol. The summed E-state index contributed by atoms with van der Waals surface area (Å²) < 4.78 is 2.24. The van der Waals surface area contributed by atoms with Crippen LogP contribution >= 0.6 is 0 Å². The number of anilines is 6. The van der Waals surface area contributed by atoms with Crippen molar-refractivity contribution in [3.8, 4) is 46.1 Å². The van der Waals surface area contributed by atoms with Gasteiger partial charge in [-0.15, -0.1) is 0 Å². The third-order valence-corrected chi connectivity index (χ3v) is 12.8. The van der Waals surface area contributed by atoms with E-state index >= 15 is 0 Å². The molecule has 9 aromatic carbocycles. The summed E-state index contributed by atoms with van der Waals surface area (Å²) in [5, 5.41) is 32.0. The van der Waals surface area contributed by atoms with E-state index in [0.717, 1.165) is 78.3 Å². The van der Waals surface area contributed by atoms with Gasteiger partial charge in [0.15, 0.2) is 0 Å². The Hall–Kier alpha value is -9.09. The van der Waals surface area contributed by atoms with Gasteiger partial charge in [-0.1, -0.05) is 97.1 Å². The first-order chi connectivity index (χ1) is 31.6. The van der Waals surface area contributed by atoms with Crippen molar-refractivity contribution >= 4 is 79.0 Å². The third kappa shape index (κ3) is 5.58. The van der Waals surface area contributed by atoms with Crippen LogP contribution in [0.4, 0.5) is 34.1 Å². The highest BCUT2D eigenvalue weighted by atomic mass is 15.2. The fourth-order valence-corrected chi connectivity index (χ4v) is 10.1. The molecule has 0 amide bonds. The van der Waals surface area contributed by atoms with Crippen LogP contribution in [-0.4, -0.2) is 11.3 Å². The zero-order chi connectivity index (χ0) is 42.9. The maximum atomic E-state index is 10.0. The van der Waals surface area contributed by atoms with Gasteiger partial charge in [0, 0.05) is 50.5 Å². The zero-order valence-corrected chi connectivity index (χ0v) is 34.3. The molecule has 0 spiro atoms. The average Bonchev–Trinajstić information content (AvgIpc) is 3.69. The molecule has 0 atom stereocenters. The standard InChI is InChI=1S/C57H33BN6/c59-34-37-23-25-51(46(30-37)42-28-38(35-60)27-39(29-42)36-61)64-50-20-10-7-17-45(50)47-31-40(24-26-52(47)64)41-32-55-57-56(33-41)63(44-15-5-2-6-16-44)54-22-12-9-19-49(54)58(57)48-18-8-11-21-53(48)62(55)43-13-3-1-4-14-43/h1-33H. The molecule has 1 aromatic heterocycles. The Labute approximate surface area is 370 Å². The molecule has 0 N–H and O–H groups in total. The lowest BCUT2D eigenvalue weighted by Gasteiger charge is -2.44. The lowest BCUT2D eigenvalue weighted by Crippen LogP contribution is -2.61. The molecule has 12 rings (SSSR count). The monoisotopic (exact) mass is 812 g/mol. The molecular weight excluding hydrogens is 779 g/mol. The van der Waals surface area contributed by atoms with Crippen LogP contribution in [0.2, 0.25) is 0 Å². The fraction of sp³-hybridized carbons (Fsp3) is 0. The summed E-state index contributed by atoms with van der Waals surface area (Å²) in [6, 6.07) is 76.4. The topological polar surface area (TPSA) is 82.8 Å². The Morgan fingerprint density at radius 1 is 0.359 bits per heavy atom. The third-order valence-electron chi connectivity index (χ3n) is 12.8. The molecular formula is C57H33BN6. The molecule has 2 aliphatic heterocycles. The molecule has 7 heteroatoms. The molecule has 0 fully saturated rings. The molecule has 0 aliphatic carbocycles. The number of hydrogen-bond donors (Lipinski definition) is 0. The summed E-state index contributed by atoms with van der Waals surface area (Å²) in [7, 11) is 0. The second kappa shape index (κ2) is 14.5. The average molecular weight is 813 g/mol. The van der Waals surface area contributed by atoms with Crippen LogP contribution in [0.1, 0.15) is 16.7 Å². The number of nitriles is 3. The molecule has 0 saturated heterocycles. The van der Waals surface area contributed by atoms with E-state index in [0.29, 0.717) is 22.3 Å². The second-order valence-corrected chi connectivity index (χ2v) is 16.3. The number of fused-ring (bicyclic) bond motifs is 7.